The second-order valence-corrected chi connectivity index (χ2v) is 7.28. The van der Waals surface area contributed by atoms with E-state index in [4.69, 9.17) is 0 Å². The lowest BCUT2D eigenvalue weighted by molar-refractivity contribution is -0.120. The van der Waals surface area contributed by atoms with Gasteiger partial charge in [-0.15, -0.1) is 0 Å². The maximum atomic E-state index is 12.6. The highest BCUT2D eigenvalue weighted by molar-refractivity contribution is 7.92. The van der Waals surface area contributed by atoms with Crippen LogP contribution in [0, 0.1) is 19.8 Å². The van der Waals surface area contributed by atoms with Gasteiger partial charge in [-0.2, -0.15) is 0 Å². The van der Waals surface area contributed by atoms with Crippen molar-refractivity contribution < 1.29 is 13.2 Å². The van der Waals surface area contributed by atoms with Gasteiger partial charge in [-0.25, -0.2) is 8.42 Å². The molecule has 2 unspecified atom stereocenters. The Balaban J connectivity index is 2.49. The molecule has 98 valence electrons. The lowest BCUT2D eigenvalue weighted by Crippen LogP contribution is -2.26. The maximum Gasteiger partial charge on any atom is 0.182 e. The fourth-order valence-electron chi connectivity index (χ4n) is 2.57. The normalized spacial score (nSPS) is 24.5. The van der Waals surface area contributed by atoms with Crippen molar-refractivity contribution in [2.45, 2.75) is 43.8 Å². The number of carbonyl (C=O) groups is 1. The van der Waals surface area contributed by atoms with Crippen molar-refractivity contribution >= 4 is 15.6 Å². The highest BCUT2D eigenvalue weighted by Gasteiger charge is 2.41. The first-order chi connectivity index (χ1) is 8.34. The average molecular weight is 266 g/mol. The topological polar surface area (TPSA) is 51.2 Å². The minimum absolute atomic E-state index is 0.0638. The number of ketones is 1. The maximum absolute atomic E-state index is 12.6. The monoisotopic (exact) mass is 266 g/mol. The molecule has 0 spiro atoms. The summed E-state index contributed by atoms with van der Waals surface area (Å²) in [7, 11) is -3.39. The quantitative estimate of drug-likeness (QED) is 0.826. The summed E-state index contributed by atoms with van der Waals surface area (Å²) in [6.45, 7) is 5.40. The highest BCUT2D eigenvalue weighted by atomic mass is 32.2. The molecule has 18 heavy (non-hydrogen) atoms. The first-order valence-electron chi connectivity index (χ1n) is 6.18. The molecule has 0 N–H and O–H groups in total. The Bertz CT molecular complexity index is 587. The summed E-state index contributed by atoms with van der Waals surface area (Å²) >= 11 is 0. The van der Waals surface area contributed by atoms with Gasteiger partial charge in [0, 0.05) is 12.3 Å². The summed E-state index contributed by atoms with van der Waals surface area (Å²) < 4.78 is 25.2. The smallest absolute Gasteiger partial charge is 0.182 e. The Hall–Kier alpha value is -1.16. The third-order valence-electron chi connectivity index (χ3n) is 3.79. The van der Waals surface area contributed by atoms with Crippen LogP contribution in [-0.2, 0) is 14.6 Å². The van der Waals surface area contributed by atoms with E-state index in [0.29, 0.717) is 17.7 Å². The van der Waals surface area contributed by atoms with Gasteiger partial charge in [-0.05, 0) is 37.5 Å². The number of hydrogen-bond acceptors (Lipinski definition) is 3. The summed E-state index contributed by atoms with van der Waals surface area (Å²) in [6.07, 6.45) is 0.839. The molecule has 0 bridgehead atoms. The molecular weight excluding hydrogens is 248 g/mol. The molecule has 1 fully saturated rings. The van der Waals surface area contributed by atoms with Crippen molar-refractivity contribution in [3.05, 3.63) is 29.3 Å². The number of Topliss-reactive ketones (excluding diaryl/α,β-unsaturated/α-hetero) is 1. The van der Waals surface area contributed by atoms with E-state index in [0.717, 1.165) is 11.1 Å². The van der Waals surface area contributed by atoms with Crippen molar-refractivity contribution in [2.24, 2.45) is 5.92 Å². The molecule has 3 nitrogen and oxygen atoms in total. The van der Waals surface area contributed by atoms with Gasteiger partial charge in [0.2, 0.25) is 0 Å². The Kier molecular flexibility index (Phi) is 3.32. The van der Waals surface area contributed by atoms with E-state index in [2.05, 4.69) is 0 Å². The summed E-state index contributed by atoms with van der Waals surface area (Å²) in [6, 6.07) is 5.43. The predicted octanol–water partition coefficient (Wildman–Crippen LogP) is 2.44. The minimum Gasteiger partial charge on any atom is -0.299 e. The molecule has 4 heteroatoms. The van der Waals surface area contributed by atoms with Crippen molar-refractivity contribution in [1.82, 2.24) is 0 Å². The van der Waals surface area contributed by atoms with Gasteiger partial charge in [0.05, 0.1) is 10.1 Å². The number of hydrogen-bond donors (Lipinski definition) is 0. The third kappa shape index (κ3) is 2.09. The molecule has 1 aliphatic rings. The molecule has 1 aromatic rings. The van der Waals surface area contributed by atoms with E-state index in [1.54, 1.807) is 19.9 Å². The molecule has 2 atom stereocenters. The third-order valence-corrected chi connectivity index (χ3v) is 6.28. The van der Waals surface area contributed by atoms with Crippen molar-refractivity contribution in [3.8, 4) is 0 Å². The van der Waals surface area contributed by atoms with Crippen molar-refractivity contribution in [2.75, 3.05) is 0 Å². The predicted molar refractivity (Wildman–Crippen MR) is 70.3 cm³/mol. The van der Waals surface area contributed by atoms with Crippen LogP contribution in [0.1, 0.15) is 30.9 Å². The summed E-state index contributed by atoms with van der Waals surface area (Å²) in [4.78, 5) is 11.9. The van der Waals surface area contributed by atoms with Crippen molar-refractivity contribution in [3.63, 3.8) is 0 Å². The van der Waals surface area contributed by atoms with Crippen LogP contribution >= 0.6 is 0 Å². The zero-order valence-electron chi connectivity index (χ0n) is 10.9. The second kappa shape index (κ2) is 4.50. The van der Waals surface area contributed by atoms with Gasteiger partial charge >= 0.3 is 0 Å². The lowest BCUT2D eigenvalue weighted by Gasteiger charge is -2.17. The Morgan fingerprint density at radius 3 is 2.44 bits per heavy atom. The van der Waals surface area contributed by atoms with Gasteiger partial charge in [-0.3, -0.25) is 4.79 Å². The minimum atomic E-state index is -3.39. The first kappa shape index (κ1) is 13.3. The van der Waals surface area contributed by atoms with E-state index in [-0.39, 0.29) is 11.7 Å². The standard InChI is InChI=1S/C14H18O3S/c1-9-4-5-10(2)14(8-9)18(16,17)13-7-6-12(15)11(13)3/h4-5,8,11,13H,6-7H2,1-3H3. The Morgan fingerprint density at radius 2 is 1.89 bits per heavy atom. The Labute approximate surface area is 108 Å². The van der Waals surface area contributed by atoms with Gasteiger partial charge in [-0.1, -0.05) is 19.1 Å². The lowest BCUT2D eigenvalue weighted by atomic mass is 10.1. The average Bonchev–Trinajstić information content (AvgIpc) is 2.63. The van der Waals surface area contributed by atoms with Gasteiger partial charge in [0.1, 0.15) is 5.78 Å². The van der Waals surface area contributed by atoms with Gasteiger partial charge in [0.25, 0.3) is 0 Å². The van der Waals surface area contributed by atoms with Crippen molar-refractivity contribution in [1.29, 1.82) is 0 Å². The second-order valence-electron chi connectivity index (χ2n) is 5.15. The number of sulfone groups is 1. The molecule has 0 saturated heterocycles. The molecule has 0 aromatic heterocycles. The zero-order valence-corrected chi connectivity index (χ0v) is 11.8. The molecule has 0 amide bonds. The van der Waals surface area contributed by atoms with Crippen LogP contribution in [0.25, 0.3) is 0 Å². The van der Waals surface area contributed by atoms with E-state index in [9.17, 15) is 13.2 Å². The molecule has 1 saturated carbocycles. The van der Waals surface area contributed by atoms with E-state index in [1.165, 1.54) is 0 Å². The Morgan fingerprint density at radius 1 is 1.22 bits per heavy atom. The van der Waals surface area contributed by atoms with Gasteiger partial charge < -0.3 is 0 Å². The van der Waals surface area contributed by atoms with Crippen LogP contribution < -0.4 is 0 Å². The molecule has 0 radical (unpaired) electrons. The fraction of sp³-hybridized carbons (Fsp3) is 0.500. The molecule has 0 heterocycles. The zero-order chi connectivity index (χ0) is 13.5. The number of benzene rings is 1. The number of aryl methyl sites for hydroxylation is 2. The number of carbonyl (C=O) groups excluding carboxylic acids is 1. The van der Waals surface area contributed by atoms with E-state index >= 15 is 0 Å². The summed E-state index contributed by atoms with van der Waals surface area (Å²) in [5.41, 5.74) is 1.68. The van der Waals surface area contributed by atoms with Crippen LogP contribution in [0.2, 0.25) is 0 Å². The highest BCUT2D eigenvalue weighted by Crippen LogP contribution is 2.33. The molecule has 2 rings (SSSR count). The van der Waals surface area contributed by atoms with Crippen LogP contribution in [0.5, 0.6) is 0 Å². The molecular formula is C14H18O3S. The molecule has 1 aliphatic carbocycles. The first-order valence-corrected chi connectivity index (χ1v) is 7.72. The van der Waals surface area contributed by atoms with E-state index in [1.807, 2.05) is 19.1 Å². The van der Waals surface area contributed by atoms with Crippen LogP contribution in [0.4, 0.5) is 0 Å². The summed E-state index contributed by atoms with van der Waals surface area (Å²) in [5.74, 6) is -0.316. The molecule has 1 aromatic carbocycles. The number of rotatable bonds is 2. The van der Waals surface area contributed by atoms with E-state index < -0.39 is 15.1 Å². The SMILES string of the molecule is Cc1ccc(C)c(S(=O)(=O)C2CCC(=O)C2C)c1. The van der Waals surface area contributed by atoms with Crippen LogP contribution in [0.3, 0.4) is 0 Å². The van der Waals surface area contributed by atoms with Crippen LogP contribution in [0.15, 0.2) is 23.1 Å². The van der Waals surface area contributed by atoms with Crippen LogP contribution in [-0.4, -0.2) is 19.5 Å². The summed E-state index contributed by atoms with van der Waals surface area (Å²) in [5, 5.41) is -0.550. The van der Waals surface area contributed by atoms with Gasteiger partial charge in [0.15, 0.2) is 9.84 Å². The largest absolute Gasteiger partial charge is 0.299 e. The fourth-order valence-corrected chi connectivity index (χ4v) is 4.88. The molecule has 0 aliphatic heterocycles.